The van der Waals surface area contributed by atoms with E-state index < -0.39 is 10.0 Å². The van der Waals surface area contributed by atoms with E-state index in [9.17, 15) is 8.42 Å². The third-order valence-electron chi connectivity index (χ3n) is 6.52. The van der Waals surface area contributed by atoms with Gasteiger partial charge >= 0.3 is 0 Å². The Morgan fingerprint density at radius 1 is 0.946 bits per heavy atom. The Morgan fingerprint density at radius 3 is 2.38 bits per heavy atom. The molecule has 0 spiro atoms. The lowest BCUT2D eigenvalue weighted by Gasteiger charge is -2.26. The van der Waals surface area contributed by atoms with Crippen LogP contribution in [0.2, 0.25) is 0 Å². The van der Waals surface area contributed by atoms with Crippen LogP contribution in [0.25, 0.3) is 16.9 Å². The molecular weight excluding hydrogens is 484 g/mol. The van der Waals surface area contributed by atoms with Gasteiger partial charge < -0.3 is 4.74 Å². The van der Waals surface area contributed by atoms with Crippen molar-refractivity contribution >= 4 is 21.9 Å². The van der Waals surface area contributed by atoms with E-state index in [1.54, 1.807) is 34.4 Å². The number of para-hydroxylation sites is 1. The molecule has 1 fully saturated rings. The fraction of sp³-hybridized carbons (Fsp3) is 0.241. The van der Waals surface area contributed by atoms with Crippen molar-refractivity contribution in [2.24, 2.45) is 4.99 Å². The third-order valence-corrected chi connectivity index (χ3v) is 8.45. The average Bonchev–Trinajstić information content (AvgIpc) is 3.37. The van der Waals surface area contributed by atoms with Gasteiger partial charge in [-0.1, -0.05) is 30.7 Å². The SMILES string of the molecule is COc1ccc(-c2nn(-c3ccccc3)cc2C=Nc2ccc(C)cc2S(=O)(=O)N2CCCCC2)cc1. The first kappa shape index (κ1) is 24.9. The Labute approximate surface area is 218 Å². The van der Waals surface area contributed by atoms with Crippen molar-refractivity contribution in [3.05, 3.63) is 90.1 Å². The minimum absolute atomic E-state index is 0.243. The molecule has 7 nitrogen and oxygen atoms in total. The summed E-state index contributed by atoms with van der Waals surface area (Å²) < 4.78 is 35.8. The number of rotatable bonds is 7. The fourth-order valence-electron chi connectivity index (χ4n) is 4.49. The van der Waals surface area contributed by atoms with Gasteiger partial charge in [0, 0.05) is 36.6 Å². The first-order chi connectivity index (χ1) is 18.0. The summed E-state index contributed by atoms with van der Waals surface area (Å²) in [6.07, 6.45) is 6.43. The third kappa shape index (κ3) is 5.35. The number of aliphatic imine (C=N–C) groups is 1. The topological polar surface area (TPSA) is 76.8 Å². The molecule has 5 rings (SSSR count). The lowest BCUT2D eigenvalue weighted by Crippen LogP contribution is -2.35. The molecule has 0 N–H and O–H groups in total. The molecule has 0 amide bonds. The minimum Gasteiger partial charge on any atom is -0.497 e. The van der Waals surface area contributed by atoms with Gasteiger partial charge in [-0.25, -0.2) is 13.1 Å². The Balaban J connectivity index is 1.57. The van der Waals surface area contributed by atoms with Gasteiger partial charge in [0.15, 0.2) is 0 Å². The standard InChI is InChI=1S/C29H30N4O3S/c1-22-11-16-27(28(19-22)37(34,35)32-17-7-4-8-18-32)30-20-24-21-33(25-9-5-3-6-10-25)31-29(24)23-12-14-26(36-2)15-13-23/h3,5-6,9-16,19-21H,4,7-8,17-18H2,1-2H3. The monoisotopic (exact) mass is 514 g/mol. The van der Waals surface area contributed by atoms with Crippen molar-refractivity contribution in [3.63, 3.8) is 0 Å². The summed E-state index contributed by atoms with van der Waals surface area (Å²) in [5.74, 6) is 0.758. The predicted molar refractivity (Wildman–Crippen MR) is 147 cm³/mol. The Kier molecular flexibility index (Phi) is 7.21. The van der Waals surface area contributed by atoms with Crippen LogP contribution in [0.4, 0.5) is 5.69 Å². The number of benzene rings is 3. The van der Waals surface area contributed by atoms with E-state index in [1.807, 2.05) is 73.8 Å². The molecule has 37 heavy (non-hydrogen) atoms. The normalized spacial score (nSPS) is 14.8. The maximum absolute atomic E-state index is 13.5. The number of ether oxygens (including phenoxy) is 1. The van der Waals surface area contributed by atoms with Crippen LogP contribution in [0, 0.1) is 6.92 Å². The van der Waals surface area contributed by atoms with Crippen molar-refractivity contribution < 1.29 is 13.2 Å². The molecule has 1 aromatic heterocycles. The van der Waals surface area contributed by atoms with Gasteiger partial charge in [-0.15, -0.1) is 0 Å². The lowest BCUT2D eigenvalue weighted by molar-refractivity contribution is 0.347. The van der Waals surface area contributed by atoms with Crippen molar-refractivity contribution in [1.82, 2.24) is 14.1 Å². The van der Waals surface area contributed by atoms with E-state index in [4.69, 9.17) is 14.8 Å². The zero-order chi connectivity index (χ0) is 25.8. The summed E-state index contributed by atoms with van der Waals surface area (Å²) in [6, 6.07) is 22.9. The second-order valence-electron chi connectivity index (χ2n) is 9.14. The second-order valence-corrected chi connectivity index (χ2v) is 11.0. The van der Waals surface area contributed by atoms with E-state index in [2.05, 4.69) is 0 Å². The van der Waals surface area contributed by atoms with Crippen LogP contribution in [0.15, 0.2) is 88.9 Å². The van der Waals surface area contributed by atoms with Crippen LogP contribution in [0.1, 0.15) is 30.4 Å². The molecule has 190 valence electrons. The molecule has 4 aromatic rings. The number of methoxy groups -OCH3 is 1. The van der Waals surface area contributed by atoms with E-state index in [-0.39, 0.29) is 4.90 Å². The van der Waals surface area contributed by atoms with Gasteiger partial charge in [0.25, 0.3) is 0 Å². The number of sulfonamides is 1. The molecule has 1 aliphatic heterocycles. The Morgan fingerprint density at radius 2 is 1.68 bits per heavy atom. The molecule has 3 aromatic carbocycles. The van der Waals surface area contributed by atoms with Crippen LogP contribution in [0.5, 0.6) is 5.75 Å². The van der Waals surface area contributed by atoms with Gasteiger partial charge in [-0.3, -0.25) is 4.99 Å². The maximum Gasteiger partial charge on any atom is 0.245 e. The molecule has 0 atom stereocenters. The average molecular weight is 515 g/mol. The zero-order valence-electron chi connectivity index (χ0n) is 21.0. The van der Waals surface area contributed by atoms with Crippen molar-refractivity contribution in [2.45, 2.75) is 31.1 Å². The zero-order valence-corrected chi connectivity index (χ0v) is 21.9. The second kappa shape index (κ2) is 10.7. The summed E-state index contributed by atoms with van der Waals surface area (Å²) in [5.41, 5.74) is 4.64. The van der Waals surface area contributed by atoms with Crippen LogP contribution < -0.4 is 4.74 Å². The van der Waals surface area contributed by atoms with E-state index in [1.165, 1.54) is 0 Å². The highest BCUT2D eigenvalue weighted by atomic mass is 32.2. The van der Waals surface area contributed by atoms with E-state index >= 15 is 0 Å². The predicted octanol–water partition coefficient (Wildman–Crippen LogP) is 5.78. The Hall–Kier alpha value is -3.75. The molecule has 2 heterocycles. The quantitative estimate of drug-likeness (QED) is 0.293. The van der Waals surface area contributed by atoms with E-state index in [0.29, 0.717) is 18.8 Å². The van der Waals surface area contributed by atoms with Gasteiger partial charge in [0.2, 0.25) is 10.0 Å². The summed E-state index contributed by atoms with van der Waals surface area (Å²) >= 11 is 0. The fourth-order valence-corrected chi connectivity index (χ4v) is 6.22. The first-order valence-corrected chi connectivity index (χ1v) is 13.8. The number of hydrogen-bond acceptors (Lipinski definition) is 5. The molecule has 1 saturated heterocycles. The largest absolute Gasteiger partial charge is 0.497 e. The van der Waals surface area contributed by atoms with Crippen LogP contribution in [-0.4, -0.2) is 48.9 Å². The lowest BCUT2D eigenvalue weighted by atomic mass is 10.1. The molecule has 0 radical (unpaired) electrons. The van der Waals surface area contributed by atoms with Crippen molar-refractivity contribution in [2.75, 3.05) is 20.2 Å². The highest BCUT2D eigenvalue weighted by Gasteiger charge is 2.28. The highest BCUT2D eigenvalue weighted by Crippen LogP contribution is 2.31. The summed E-state index contributed by atoms with van der Waals surface area (Å²) in [4.78, 5) is 4.94. The molecule has 1 aliphatic rings. The summed E-state index contributed by atoms with van der Waals surface area (Å²) in [7, 11) is -2.01. The Bertz CT molecular complexity index is 1500. The van der Waals surface area contributed by atoms with E-state index in [0.717, 1.165) is 53.1 Å². The number of aromatic nitrogens is 2. The maximum atomic E-state index is 13.5. The van der Waals surface area contributed by atoms with Crippen molar-refractivity contribution in [3.8, 4) is 22.7 Å². The molecule has 0 unspecified atom stereocenters. The first-order valence-electron chi connectivity index (χ1n) is 12.4. The molecule has 0 saturated carbocycles. The summed E-state index contributed by atoms with van der Waals surface area (Å²) in [6.45, 7) is 2.99. The molecular formula is C29H30N4O3S. The summed E-state index contributed by atoms with van der Waals surface area (Å²) in [5, 5.41) is 4.84. The molecule has 8 heteroatoms. The number of aryl methyl sites for hydroxylation is 1. The number of hydrogen-bond donors (Lipinski definition) is 0. The van der Waals surface area contributed by atoms with Crippen molar-refractivity contribution in [1.29, 1.82) is 0 Å². The molecule has 0 bridgehead atoms. The van der Waals surface area contributed by atoms with Crippen LogP contribution >= 0.6 is 0 Å². The van der Waals surface area contributed by atoms with Gasteiger partial charge in [-0.05, 0) is 73.9 Å². The van der Waals surface area contributed by atoms with Gasteiger partial charge in [-0.2, -0.15) is 9.40 Å². The highest BCUT2D eigenvalue weighted by molar-refractivity contribution is 7.89. The smallest absolute Gasteiger partial charge is 0.245 e. The van der Waals surface area contributed by atoms with Gasteiger partial charge in [0.1, 0.15) is 16.3 Å². The molecule has 0 aliphatic carbocycles. The number of piperidine rings is 1. The van der Waals surface area contributed by atoms with Gasteiger partial charge in [0.05, 0.1) is 18.5 Å². The van der Waals surface area contributed by atoms with Crippen LogP contribution in [-0.2, 0) is 10.0 Å². The van der Waals surface area contributed by atoms with Crippen LogP contribution in [0.3, 0.4) is 0 Å². The minimum atomic E-state index is -3.64. The number of nitrogens with zero attached hydrogens (tertiary/aromatic N) is 4.